The highest BCUT2D eigenvalue weighted by Gasteiger charge is 2.34. The summed E-state index contributed by atoms with van der Waals surface area (Å²) in [5.74, 6) is -0.480. The van der Waals surface area contributed by atoms with Gasteiger partial charge in [-0.15, -0.1) is 0 Å². The minimum absolute atomic E-state index is 0.240. The van der Waals surface area contributed by atoms with Crippen molar-refractivity contribution in [3.8, 4) is 0 Å². The number of nitrogens with zero attached hydrogens (tertiary/aromatic N) is 2. The van der Waals surface area contributed by atoms with Gasteiger partial charge in [-0.05, 0) is 45.7 Å². The second-order valence-electron chi connectivity index (χ2n) is 6.10. The Bertz CT molecular complexity index is 612. The van der Waals surface area contributed by atoms with Gasteiger partial charge >= 0.3 is 0 Å². The molecule has 118 valence electrons. The fourth-order valence-electron chi connectivity index (χ4n) is 2.06. The number of amides is 2. The van der Waals surface area contributed by atoms with Crippen molar-refractivity contribution in [1.29, 1.82) is 0 Å². The van der Waals surface area contributed by atoms with Crippen molar-refractivity contribution in [3.63, 3.8) is 0 Å². The van der Waals surface area contributed by atoms with Crippen molar-refractivity contribution in [2.45, 2.75) is 38.4 Å². The molecule has 1 aromatic rings. The minimum atomic E-state index is -1.27. The molecule has 22 heavy (non-hydrogen) atoms. The summed E-state index contributed by atoms with van der Waals surface area (Å²) in [5.41, 5.74) is 0.935. The molecule has 0 radical (unpaired) electrons. The molecule has 2 amide bonds. The van der Waals surface area contributed by atoms with E-state index in [1.54, 1.807) is 30.5 Å². The number of unbranched alkanes of at least 4 members (excludes halogenated alkanes) is 1. The number of benzene rings is 1. The third-order valence-electron chi connectivity index (χ3n) is 3.29. The monoisotopic (exact) mass is 320 g/mol. The molecular weight excluding hydrogens is 300 g/mol. The maximum Gasteiger partial charge on any atom is 0.261 e. The molecule has 0 saturated carbocycles. The van der Waals surface area contributed by atoms with Gasteiger partial charge in [0.25, 0.3) is 11.8 Å². The van der Waals surface area contributed by atoms with E-state index >= 15 is 0 Å². The zero-order valence-corrected chi connectivity index (χ0v) is 13.9. The Kier molecular flexibility index (Phi) is 4.90. The molecule has 5 nitrogen and oxygen atoms in total. The van der Waals surface area contributed by atoms with E-state index < -0.39 is 11.0 Å². The van der Waals surface area contributed by atoms with Gasteiger partial charge in [-0.3, -0.25) is 14.5 Å². The van der Waals surface area contributed by atoms with Crippen LogP contribution in [0.25, 0.3) is 0 Å². The molecule has 2 rings (SSSR count). The first-order valence-electron chi connectivity index (χ1n) is 7.22. The Hall–Kier alpha value is -1.82. The molecule has 0 aromatic heterocycles. The summed E-state index contributed by atoms with van der Waals surface area (Å²) >= 11 is 0. The lowest BCUT2D eigenvalue weighted by atomic mass is 10.1. The Balaban J connectivity index is 1.87. The topological polar surface area (TPSA) is 66.8 Å². The van der Waals surface area contributed by atoms with Crippen molar-refractivity contribution in [1.82, 2.24) is 4.90 Å². The van der Waals surface area contributed by atoms with E-state index in [0.29, 0.717) is 30.5 Å². The van der Waals surface area contributed by atoms with Crippen molar-refractivity contribution in [2.75, 3.05) is 6.54 Å². The molecule has 0 N–H and O–H groups in total. The van der Waals surface area contributed by atoms with Crippen LogP contribution in [-0.2, 0) is 11.0 Å². The van der Waals surface area contributed by atoms with E-state index in [0.717, 1.165) is 0 Å². The van der Waals surface area contributed by atoms with Gasteiger partial charge < -0.3 is 0 Å². The van der Waals surface area contributed by atoms with Crippen molar-refractivity contribution in [3.05, 3.63) is 35.4 Å². The third kappa shape index (κ3) is 3.50. The number of imide groups is 1. The second-order valence-corrected chi connectivity index (χ2v) is 8.03. The highest BCUT2D eigenvalue weighted by molar-refractivity contribution is 7.85. The van der Waals surface area contributed by atoms with Gasteiger partial charge in [0.2, 0.25) is 0 Å². The quantitative estimate of drug-likeness (QED) is 0.476. The molecule has 0 bridgehead atoms. The molecule has 1 aromatic carbocycles. The summed E-state index contributed by atoms with van der Waals surface area (Å²) in [5, 5.41) is 0. The van der Waals surface area contributed by atoms with E-state index in [2.05, 4.69) is 4.40 Å². The third-order valence-corrected chi connectivity index (χ3v) is 4.68. The van der Waals surface area contributed by atoms with Crippen LogP contribution in [0.2, 0.25) is 0 Å². The zero-order chi connectivity index (χ0) is 16.3. The van der Waals surface area contributed by atoms with Crippen LogP contribution in [0.15, 0.2) is 28.7 Å². The Labute approximate surface area is 133 Å². The fourth-order valence-corrected chi connectivity index (χ4v) is 2.62. The summed E-state index contributed by atoms with van der Waals surface area (Å²) in [7, 11) is -1.27. The first-order chi connectivity index (χ1) is 10.3. The highest BCUT2D eigenvalue weighted by Crippen LogP contribution is 2.22. The average molecular weight is 320 g/mol. The van der Waals surface area contributed by atoms with E-state index in [-0.39, 0.29) is 16.6 Å². The van der Waals surface area contributed by atoms with Gasteiger partial charge in [0.15, 0.2) is 0 Å². The summed E-state index contributed by atoms with van der Waals surface area (Å²) in [4.78, 5) is 25.5. The standard InChI is InChI=1S/C16H20N2O3S/c1-16(2,3)22(21)17-10-6-7-11-18-14(19)12-8-4-5-9-13(12)15(18)20/h4-5,8-10H,6-7,11H2,1-3H3/b17-10+/t22-/m0/s1. The van der Waals surface area contributed by atoms with E-state index in [1.807, 2.05) is 20.8 Å². The number of rotatable bonds is 5. The summed E-state index contributed by atoms with van der Waals surface area (Å²) in [6.07, 6.45) is 2.80. The first-order valence-corrected chi connectivity index (χ1v) is 8.33. The molecular formula is C16H20N2O3S. The van der Waals surface area contributed by atoms with Gasteiger partial charge in [-0.25, -0.2) is 4.21 Å². The zero-order valence-electron chi connectivity index (χ0n) is 13.0. The molecule has 6 heteroatoms. The van der Waals surface area contributed by atoms with Crippen LogP contribution in [0.3, 0.4) is 0 Å². The average Bonchev–Trinajstić information content (AvgIpc) is 2.71. The maximum atomic E-state index is 12.1. The lowest BCUT2D eigenvalue weighted by molar-refractivity contribution is 0.0653. The van der Waals surface area contributed by atoms with Gasteiger partial charge in [0.1, 0.15) is 11.0 Å². The Morgan fingerprint density at radius 2 is 1.68 bits per heavy atom. The second kappa shape index (κ2) is 6.52. The Morgan fingerprint density at radius 3 is 2.18 bits per heavy atom. The summed E-state index contributed by atoms with van der Waals surface area (Å²) in [6.45, 7) is 5.93. The molecule has 0 aliphatic carbocycles. The number of carbonyl (C=O) groups is 2. The highest BCUT2D eigenvalue weighted by atomic mass is 32.2. The van der Waals surface area contributed by atoms with Gasteiger partial charge in [-0.1, -0.05) is 12.1 Å². The van der Waals surface area contributed by atoms with Gasteiger partial charge in [-0.2, -0.15) is 4.40 Å². The fraction of sp³-hybridized carbons (Fsp3) is 0.438. The van der Waals surface area contributed by atoms with Crippen molar-refractivity contribution < 1.29 is 13.8 Å². The number of carbonyl (C=O) groups excluding carboxylic acids is 2. The summed E-state index contributed by atoms with van der Waals surface area (Å²) < 4.78 is 15.4. The van der Waals surface area contributed by atoms with E-state index in [4.69, 9.17) is 0 Å². The molecule has 0 fully saturated rings. The SMILES string of the molecule is CC(C)(C)[S@](=O)/N=C/CCCN1C(=O)c2ccccc2C1=O. The van der Waals surface area contributed by atoms with Crippen LogP contribution in [-0.4, -0.2) is 38.4 Å². The van der Waals surface area contributed by atoms with Crippen LogP contribution < -0.4 is 0 Å². The number of hydrogen-bond acceptors (Lipinski definition) is 3. The largest absolute Gasteiger partial charge is 0.274 e. The van der Waals surface area contributed by atoms with Crippen LogP contribution in [0.5, 0.6) is 0 Å². The van der Waals surface area contributed by atoms with E-state index in [1.165, 1.54) is 4.90 Å². The van der Waals surface area contributed by atoms with Crippen LogP contribution in [0, 0.1) is 0 Å². The van der Waals surface area contributed by atoms with Crippen LogP contribution >= 0.6 is 0 Å². The lowest BCUT2D eigenvalue weighted by Crippen LogP contribution is -2.30. The molecule has 0 saturated heterocycles. The minimum Gasteiger partial charge on any atom is -0.274 e. The smallest absolute Gasteiger partial charge is 0.261 e. The van der Waals surface area contributed by atoms with Gasteiger partial charge in [0, 0.05) is 12.8 Å². The van der Waals surface area contributed by atoms with Gasteiger partial charge in [0.05, 0.1) is 15.9 Å². The predicted molar refractivity (Wildman–Crippen MR) is 87.4 cm³/mol. The first kappa shape index (κ1) is 16.5. The van der Waals surface area contributed by atoms with Crippen LogP contribution in [0.4, 0.5) is 0 Å². The maximum absolute atomic E-state index is 12.1. The van der Waals surface area contributed by atoms with Crippen LogP contribution in [0.1, 0.15) is 54.3 Å². The number of fused-ring (bicyclic) bond motifs is 1. The van der Waals surface area contributed by atoms with E-state index in [9.17, 15) is 13.8 Å². The predicted octanol–water partition coefficient (Wildman–Crippen LogP) is 2.60. The molecule has 1 atom stereocenters. The molecule has 1 heterocycles. The molecule has 1 aliphatic rings. The summed E-state index contributed by atoms with van der Waals surface area (Å²) in [6, 6.07) is 6.84. The Morgan fingerprint density at radius 1 is 1.14 bits per heavy atom. The molecule has 0 spiro atoms. The molecule has 1 aliphatic heterocycles. The lowest BCUT2D eigenvalue weighted by Gasteiger charge is -2.13. The van der Waals surface area contributed by atoms with Crippen molar-refractivity contribution >= 4 is 29.0 Å². The molecule has 0 unspecified atom stereocenters. The normalized spacial score (nSPS) is 16.4. The van der Waals surface area contributed by atoms with Crippen molar-refractivity contribution in [2.24, 2.45) is 4.40 Å². The number of hydrogen-bond donors (Lipinski definition) is 0.